The number of hydrogen-bond acceptors (Lipinski definition) is 6. The van der Waals surface area contributed by atoms with E-state index < -0.39 is 5.25 Å². The Kier molecular flexibility index (Phi) is 6.81. The number of nitrogens with zero attached hydrogens (tertiary/aromatic N) is 4. The molecule has 3 aromatic carbocycles. The van der Waals surface area contributed by atoms with E-state index in [0.29, 0.717) is 17.5 Å². The van der Waals surface area contributed by atoms with Crippen molar-refractivity contribution in [3.05, 3.63) is 78.9 Å². The first-order chi connectivity index (χ1) is 15.7. The SMILES string of the molecule is CCOc1ccccc1-n1nnnc1S[C@H](C)C(=O)Nc1ccccc1-c1ccccc1. The first-order valence-corrected chi connectivity index (χ1v) is 11.2. The van der Waals surface area contributed by atoms with Crippen LogP contribution in [0.3, 0.4) is 0 Å². The average molecular weight is 446 g/mol. The summed E-state index contributed by atoms with van der Waals surface area (Å²) < 4.78 is 7.29. The monoisotopic (exact) mass is 445 g/mol. The minimum absolute atomic E-state index is 0.133. The number of benzene rings is 3. The van der Waals surface area contributed by atoms with Gasteiger partial charge in [0.2, 0.25) is 11.1 Å². The number of carbonyl (C=O) groups is 1. The lowest BCUT2D eigenvalue weighted by Crippen LogP contribution is -2.23. The largest absolute Gasteiger partial charge is 0.492 e. The first-order valence-electron chi connectivity index (χ1n) is 10.3. The number of anilines is 1. The molecule has 1 N–H and O–H groups in total. The molecule has 7 nitrogen and oxygen atoms in total. The topological polar surface area (TPSA) is 81.9 Å². The molecule has 1 atom stereocenters. The fourth-order valence-electron chi connectivity index (χ4n) is 3.22. The lowest BCUT2D eigenvalue weighted by atomic mass is 10.0. The van der Waals surface area contributed by atoms with Crippen LogP contribution in [0.25, 0.3) is 16.8 Å². The summed E-state index contributed by atoms with van der Waals surface area (Å²) in [5.41, 5.74) is 3.50. The van der Waals surface area contributed by atoms with E-state index in [1.54, 1.807) is 4.68 Å². The fraction of sp³-hybridized carbons (Fsp3) is 0.167. The van der Waals surface area contributed by atoms with Crippen molar-refractivity contribution in [3.8, 4) is 22.6 Å². The molecule has 0 bridgehead atoms. The molecule has 0 aliphatic rings. The van der Waals surface area contributed by atoms with Crippen LogP contribution >= 0.6 is 11.8 Å². The molecule has 0 saturated carbocycles. The number of amides is 1. The molecule has 1 amide bonds. The van der Waals surface area contributed by atoms with Crippen LogP contribution in [0.4, 0.5) is 5.69 Å². The van der Waals surface area contributed by atoms with E-state index in [1.807, 2.05) is 92.7 Å². The summed E-state index contributed by atoms with van der Waals surface area (Å²) in [6.45, 7) is 4.28. The molecule has 0 radical (unpaired) electrons. The smallest absolute Gasteiger partial charge is 0.237 e. The second-order valence-corrected chi connectivity index (χ2v) is 8.24. The van der Waals surface area contributed by atoms with E-state index in [1.165, 1.54) is 11.8 Å². The molecule has 162 valence electrons. The number of rotatable bonds is 8. The zero-order valence-electron chi connectivity index (χ0n) is 17.8. The molecule has 32 heavy (non-hydrogen) atoms. The Balaban J connectivity index is 1.52. The summed E-state index contributed by atoms with van der Waals surface area (Å²) >= 11 is 1.29. The number of hydrogen-bond donors (Lipinski definition) is 1. The Labute approximate surface area is 190 Å². The minimum Gasteiger partial charge on any atom is -0.492 e. The van der Waals surface area contributed by atoms with Gasteiger partial charge in [0.1, 0.15) is 11.4 Å². The molecule has 0 aliphatic heterocycles. The molecule has 4 rings (SSSR count). The molecular weight excluding hydrogens is 422 g/mol. The quantitative estimate of drug-likeness (QED) is 0.391. The van der Waals surface area contributed by atoms with Gasteiger partial charge < -0.3 is 10.1 Å². The highest BCUT2D eigenvalue weighted by Crippen LogP contribution is 2.30. The van der Waals surface area contributed by atoms with Crippen LogP contribution in [0, 0.1) is 0 Å². The van der Waals surface area contributed by atoms with Crippen molar-refractivity contribution < 1.29 is 9.53 Å². The molecule has 0 spiro atoms. The third-order valence-electron chi connectivity index (χ3n) is 4.76. The number of ether oxygens (including phenoxy) is 1. The third-order valence-corrected chi connectivity index (χ3v) is 5.79. The number of para-hydroxylation sites is 3. The number of nitrogens with one attached hydrogen (secondary N) is 1. The predicted molar refractivity (Wildman–Crippen MR) is 126 cm³/mol. The van der Waals surface area contributed by atoms with Crippen LogP contribution in [0.5, 0.6) is 5.75 Å². The second kappa shape index (κ2) is 10.1. The van der Waals surface area contributed by atoms with Gasteiger partial charge in [-0.25, -0.2) is 0 Å². The van der Waals surface area contributed by atoms with Gasteiger partial charge in [-0.05, 0) is 48.0 Å². The predicted octanol–water partition coefficient (Wildman–Crippen LogP) is 4.85. The van der Waals surface area contributed by atoms with E-state index in [9.17, 15) is 4.79 Å². The maximum Gasteiger partial charge on any atom is 0.237 e. The molecule has 0 unspecified atom stereocenters. The van der Waals surface area contributed by atoms with Gasteiger partial charge >= 0.3 is 0 Å². The zero-order chi connectivity index (χ0) is 22.3. The molecule has 1 heterocycles. The van der Waals surface area contributed by atoms with E-state index in [2.05, 4.69) is 20.8 Å². The summed E-state index contributed by atoms with van der Waals surface area (Å²) in [5, 5.41) is 15.2. The summed E-state index contributed by atoms with van der Waals surface area (Å²) in [6, 6.07) is 25.3. The van der Waals surface area contributed by atoms with Crippen LogP contribution in [0.1, 0.15) is 13.8 Å². The fourth-order valence-corrected chi connectivity index (χ4v) is 4.02. The van der Waals surface area contributed by atoms with Gasteiger partial charge in [-0.15, -0.1) is 5.10 Å². The molecule has 1 aromatic heterocycles. The van der Waals surface area contributed by atoms with Gasteiger partial charge in [-0.1, -0.05) is 72.4 Å². The van der Waals surface area contributed by atoms with Gasteiger partial charge in [-0.2, -0.15) is 4.68 Å². The highest BCUT2D eigenvalue weighted by molar-refractivity contribution is 8.00. The Morgan fingerprint density at radius 2 is 1.75 bits per heavy atom. The number of tetrazole rings is 1. The van der Waals surface area contributed by atoms with Crippen molar-refractivity contribution in [2.24, 2.45) is 0 Å². The van der Waals surface area contributed by atoms with Crippen molar-refractivity contribution in [1.29, 1.82) is 0 Å². The molecule has 0 saturated heterocycles. The van der Waals surface area contributed by atoms with Crippen LogP contribution in [-0.4, -0.2) is 38.0 Å². The van der Waals surface area contributed by atoms with E-state index >= 15 is 0 Å². The van der Waals surface area contributed by atoms with Gasteiger partial charge in [-0.3, -0.25) is 4.79 Å². The standard InChI is InChI=1S/C24H23N5O2S/c1-3-31-22-16-10-9-15-21(22)29-24(26-27-28-29)32-17(2)23(30)25-20-14-8-7-13-19(20)18-11-5-4-6-12-18/h4-17H,3H2,1-2H3,(H,25,30)/t17-/m1/s1. The Bertz CT molecular complexity index is 1200. The summed E-state index contributed by atoms with van der Waals surface area (Å²) in [5.74, 6) is 0.545. The summed E-state index contributed by atoms with van der Waals surface area (Å²) in [4.78, 5) is 13.0. The van der Waals surface area contributed by atoms with Crippen LogP contribution in [-0.2, 0) is 4.79 Å². The highest BCUT2D eigenvalue weighted by atomic mass is 32.2. The lowest BCUT2D eigenvalue weighted by molar-refractivity contribution is -0.115. The van der Waals surface area contributed by atoms with Crippen molar-refractivity contribution in [3.63, 3.8) is 0 Å². The normalized spacial score (nSPS) is 11.7. The minimum atomic E-state index is -0.428. The van der Waals surface area contributed by atoms with Crippen molar-refractivity contribution in [2.75, 3.05) is 11.9 Å². The van der Waals surface area contributed by atoms with Crippen molar-refractivity contribution in [2.45, 2.75) is 24.3 Å². The van der Waals surface area contributed by atoms with Gasteiger partial charge in [0, 0.05) is 11.3 Å². The number of carbonyl (C=O) groups excluding carboxylic acids is 1. The van der Waals surface area contributed by atoms with Gasteiger partial charge in [0.05, 0.1) is 11.9 Å². The van der Waals surface area contributed by atoms with Crippen molar-refractivity contribution >= 4 is 23.4 Å². The maximum absolute atomic E-state index is 13.0. The van der Waals surface area contributed by atoms with E-state index in [4.69, 9.17) is 4.74 Å². The van der Waals surface area contributed by atoms with Crippen LogP contribution in [0.15, 0.2) is 84.0 Å². The van der Waals surface area contributed by atoms with Crippen molar-refractivity contribution in [1.82, 2.24) is 20.2 Å². The molecule has 8 heteroatoms. The molecule has 0 fully saturated rings. The Morgan fingerprint density at radius 1 is 1.03 bits per heavy atom. The van der Waals surface area contributed by atoms with Gasteiger partial charge in [0.15, 0.2) is 0 Å². The Morgan fingerprint density at radius 3 is 2.56 bits per heavy atom. The third kappa shape index (κ3) is 4.81. The van der Waals surface area contributed by atoms with Crippen LogP contribution < -0.4 is 10.1 Å². The second-order valence-electron chi connectivity index (χ2n) is 6.93. The zero-order valence-corrected chi connectivity index (χ0v) is 18.6. The number of thioether (sulfide) groups is 1. The summed E-state index contributed by atoms with van der Waals surface area (Å²) in [7, 11) is 0. The molecule has 0 aliphatic carbocycles. The van der Waals surface area contributed by atoms with E-state index in [-0.39, 0.29) is 5.91 Å². The lowest BCUT2D eigenvalue weighted by Gasteiger charge is -2.15. The molecular formula is C24H23N5O2S. The average Bonchev–Trinajstić information content (AvgIpc) is 3.28. The molecule has 4 aromatic rings. The summed E-state index contributed by atoms with van der Waals surface area (Å²) in [6.07, 6.45) is 0. The van der Waals surface area contributed by atoms with Gasteiger partial charge in [0.25, 0.3) is 0 Å². The number of aromatic nitrogens is 4. The Hall–Kier alpha value is -3.65. The van der Waals surface area contributed by atoms with E-state index in [0.717, 1.165) is 22.5 Å². The highest BCUT2D eigenvalue weighted by Gasteiger charge is 2.21. The maximum atomic E-state index is 13.0. The van der Waals surface area contributed by atoms with Crippen LogP contribution in [0.2, 0.25) is 0 Å². The first kappa shape index (κ1) is 21.6.